The minimum atomic E-state index is -0.198. The Morgan fingerprint density at radius 1 is 1.67 bits per heavy atom. The number of hydrogen-bond acceptors (Lipinski definition) is 1. The van der Waals surface area contributed by atoms with Crippen LogP contribution in [0.4, 0.5) is 0 Å². The number of allylic oxidation sites excluding steroid dienone is 1. The van der Waals surface area contributed by atoms with Gasteiger partial charge < -0.3 is 5.11 Å². The van der Waals surface area contributed by atoms with Crippen LogP contribution in [-0.4, -0.2) is 11.2 Å². The van der Waals surface area contributed by atoms with Crippen molar-refractivity contribution < 1.29 is 5.11 Å². The van der Waals surface area contributed by atoms with Gasteiger partial charge >= 0.3 is 0 Å². The van der Waals surface area contributed by atoms with Crippen molar-refractivity contribution >= 4 is 0 Å². The second kappa shape index (κ2) is 2.14. The van der Waals surface area contributed by atoms with Crippen LogP contribution in [0.15, 0.2) is 12.2 Å². The lowest BCUT2D eigenvalue weighted by Crippen LogP contribution is -2.24. The first-order valence-corrected chi connectivity index (χ1v) is 3.51. The molecule has 1 heteroatoms. The van der Waals surface area contributed by atoms with E-state index in [2.05, 4.69) is 19.1 Å². The van der Waals surface area contributed by atoms with Crippen molar-refractivity contribution in [3.8, 4) is 0 Å². The molecule has 0 aromatic heterocycles. The van der Waals surface area contributed by atoms with Crippen LogP contribution >= 0.6 is 0 Å². The fourth-order valence-corrected chi connectivity index (χ4v) is 1.18. The molecule has 1 N–H and O–H groups in total. The van der Waals surface area contributed by atoms with Crippen LogP contribution in [0.2, 0.25) is 0 Å². The van der Waals surface area contributed by atoms with Crippen LogP contribution in [0.3, 0.4) is 0 Å². The largest absolute Gasteiger partial charge is 0.393 e. The fraction of sp³-hybridized carbons (Fsp3) is 0.750. The lowest BCUT2D eigenvalue weighted by Gasteiger charge is -2.24. The van der Waals surface area contributed by atoms with E-state index in [1.165, 1.54) is 0 Å². The number of hydrogen-bond donors (Lipinski definition) is 1. The maximum atomic E-state index is 9.26. The van der Waals surface area contributed by atoms with Gasteiger partial charge in [0.25, 0.3) is 0 Å². The van der Waals surface area contributed by atoms with Crippen molar-refractivity contribution in [1.82, 2.24) is 0 Å². The Hall–Kier alpha value is -0.300. The van der Waals surface area contributed by atoms with E-state index in [4.69, 9.17) is 0 Å². The van der Waals surface area contributed by atoms with Crippen LogP contribution < -0.4 is 0 Å². The minimum Gasteiger partial charge on any atom is -0.393 e. The molecule has 0 bridgehead atoms. The van der Waals surface area contributed by atoms with E-state index in [9.17, 15) is 5.11 Å². The highest BCUT2D eigenvalue weighted by Crippen LogP contribution is 2.34. The molecule has 2 atom stereocenters. The average molecular weight is 126 g/mol. The normalized spacial score (nSPS) is 37.2. The highest BCUT2D eigenvalue weighted by molar-refractivity contribution is 5.06. The smallest absolute Gasteiger partial charge is 0.0600 e. The third kappa shape index (κ3) is 1.16. The standard InChI is InChI=1S/C8H14O/c1-7(9)8(2)5-3-4-6-8/h3,5,7,9H,4,6H2,1-2H3. The summed E-state index contributed by atoms with van der Waals surface area (Å²) in [4.78, 5) is 0. The van der Waals surface area contributed by atoms with Crippen LogP contribution in [0, 0.1) is 5.41 Å². The predicted molar refractivity (Wildman–Crippen MR) is 38.2 cm³/mol. The monoisotopic (exact) mass is 126 g/mol. The zero-order valence-electron chi connectivity index (χ0n) is 6.09. The highest BCUT2D eigenvalue weighted by atomic mass is 16.3. The Morgan fingerprint density at radius 2 is 2.33 bits per heavy atom. The van der Waals surface area contributed by atoms with Gasteiger partial charge in [0.1, 0.15) is 0 Å². The third-order valence-electron chi connectivity index (χ3n) is 2.30. The maximum absolute atomic E-state index is 9.26. The fourth-order valence-electron chi connectivity index (χ4n) is 1.18. The molecule has 1 aliphatic carbocycles. The topological polar surface area (TPSA) is 20.2 Å². The molecule has 1 aliphatic rings. The highest BCUT2D eigenvalue weighted by Gasteiger charge is 2.28. The SMILES string of the molecule is CC(O)C1(C)C=CCC1. The van der Waals surface area contributed by atoms with E-state index in [1.807, 2.05) is 6.92 Å². The quantitative estimate of drug-likeness (QED) is 0.530. The molecule has 2 unspecified atom stereocenters. The van der Waals surface area contributed by atoms with Gasteiger partial charge in [0.15, 0.2) is 0 Å². The van der Waals surface area contributed by atoms with Gasteiger partial charge in [-0.3, -0.25) is 0 Å². The Labute approximate surface area is 56.4 Å². The molecule has 52 valence electrons. The summed E-state index contributed by atoms with van der Waals surface area (Å²) in [7, 11) is 0. The molecule has 0 radical (unpaired) electrons. The number of rotatable bonds is 1. The average Bonchev–Trinajstić information content (AvgIpc) is 2.16. The summed E-state index contributed by atoms with van der Waals surface area (Å²) in [5, 5.41) is 9.26. The van der Waals surface area contributed by atoms with Crippen molar-refractivity contribution in [3.63, 3.8) is 0 Å². The number of aliphatic hydroxyl groups is 1. The summed E-state index contributed by atoms with van der Waals surface area (Å²) < 4.78 is 0. The van der Waals surface area contributed by atoms with Crippen molar-refractivity contribution in [1.29, 1.82) is 0 Å². The summed E-state index contributed by atoms with van der Waals surface area (Å²) in [5.74, 6) is 0. The predicted octanol–water partition coefficient (Wildman–Crippen LogP) is 1.72. The second-order valence-corrected chi connectivity index (χ2v) is 3.12. The van der Waals surface area contributed by atoms with Gasteiger partial charge in [-0.05, 0) is 19.8 Å². The first-order valence-electron chi connectivity index (χ1n) is 3.51. The maximum Gasteiger partial charge on any atom is 0.0600 e. The van der Waals surface area contributed by atoms with Crippen molar-refractivity contribution in [3.05, 3.63) is 12.2 Å². The van der Waals surface area contributed by atoms with Gasteiger partial charge in [-0.1, -0.05) is 19.1 Å². The molecule has 0 aromatic rings. The van der Waals surface area contributed by atoms with Gasteiger partial charge in [-0.15, -0.1) is 0 Å². The second-order valence-electron chi connectivity index (χ2n) is 3.12. The van der Waals surface area contributed by atoms with E-state index >= 15 is 0 Å². The Bertz CT molecular complexity index is 127. The summed E-state index contributed by atoms with van der Waals surface area (Å²) in [6.45, 7) is 3.96. The van der Waals surface area contributed by atoms with Crippen LogP contribution in [0.25, 0.3) is 0 Å². The Kier molecular flexibility index (Phi) is 1.62. The molecule has 0 spiro atoms. The minimum absolute atomic E-state index is 0.0694. The van der Waals surface area contributed by atoms with Crippen molar-refractivity contribution in [2.24, 2.45) is 5.41 Å². The summed E-state index contributed by atoms with van der Waals surface area (Å²) in [6.07, 6.45) is 6.30. The van der Waals surface area contributed by atoms with Crippen LogP contribution in [-0.2, 0) is 0 Å². The molecular formula is C8H14O. The van der Waals surface area contributed by atoms with Gasteiger partial charge in [-0.2, -0.15) is 0 Å². The van der Waals surface area contributed by atoms with E-state index in [-0.39, 0.29) is 11.5 Å². The summed E-state index contributed by atoms with van der Waals surface area (Å²) in [6, 6.07) is 0. The van der Waals surface area contributed by atoms with E-state index < -0.39 is 0 Å². The molecule has 0 heterocycles. The number of aliphatic hydroxyl groups excluding tert-OH is 1. The molecule has 9 heavy (non-hydrogen) atoms. The molecule has 1 nitrogen and oxygen atoms in total. The zero-order valence-corrected chi connectivity index (χ0v) is 6.09. The van der Waals surface area contributed by atoms with Crippen LogP contribution in [0.1, 0.15) is 26.7 Å². The molecule has 0 saturated carbocycles. The zero-order chi connectivity index (χ0) is 6.91. The summed E-state index contributed by atoms with van der Waals surface area (Å²) in [5.41, 5.74) is 0.0694. The lowest BCUT2D eigenvalue weighted by atomic mass is 9.85. The molecule has 1 rings (SSSR count). The van der Waals surface area contributed by atoms with E-state index in [0.29, 0.717) is 0 Å². The van der Waals surface area contributed by atoms with Crippen LogP contribution in [0.5, 0.6) is 0 Å². The van der Waals surface area contributed by atoms with E-state index in [1.54, 1.807) is 0 Å². The van der Waals surface area contributed by atoms with E-state index in [0.717, 1.165) is 12.8 Å². The van der Waals surface area contributed by atoms with Gasteiger partial charge in [0.2, 0.25) is 0 Å². The third-order valence-corrected chi connectivity index (χ3v) is 2.30. The molecular weight excluding hydrogens is 112 g/mol. The molecule has 0 fully saturated rings. The first-order chi connectivity index (χ1) is 4.15. The molecule has 0 aromatic carbocycles. The Morgan fingerprint density at radius 3 is 2.56 bits per heavy atom. The Balaban J connectivity index is 2.62. The first kappa shape index (κ1) is 6.81. The van der Waals surface area contributed by atoms with Gasteiger partial charge in [0.05, 0.1) is 6.10 Å². The van der Waals surface area contributed by atoms with Gasteiger partial charge in [0, 0.05) is 5.41 Å². The lowest BCUT2D eigenvalue weighted by molar-refractivity contribution is 0.0870. The van der Waals surface area contributed by atoms with Gasteiger partial charge in [-0.25, -0.2) is 0 Å². The molecule has 0 amide bonds. The van der Waals surface area contributed by atoms with Crippen molar-refractivity contribution in [2.45, 2.75) is 32.8 Å². The van der Waals surface area contributed by atoms with Crippen molar-refractivity contribution in [2.75, 3.05) is 0 Å². The molecule has 0 saturated heterocycles. The molecule has 0 aliphatic heterocycles. The summed E-state index contributed by atoms with van der Waals surface area (Å²) >= 11 is 0.